The van der Waals surface area contributed by atoms with E-state index in [9.17, 15) is 0 Å². The highest BCUT2D eigenvalue weighted by molar-refractivity contribution is 7.25. The van der Waals surface area contributed by atoms with Crippen LogP contribution >= 0.6 is 11.3 Å². The summed E-state index contributed by atoms with van der Waals surface area (Å²) in [6.07, 6.45) is 0. The maximum absolute atomic E-state index is 5.48. The number of hydrogen-bond acceptors (Lipinski definition) is 4. The fourth-order valence-corrected chi connectivity index (χ4v) is 9.88. The lowest BCUT2D eigenvalue weighted by Gasteiger charge is -2.35. The van der Waals surface area contributed by atoms with E-state index in [0.717, 1.165) is 44.2 Å². The van der Waals surface area contributed by atoms with Gasteiger partial charge in [-0.25, -0.2) is 9.97 Å². The summed E-state index contributed by atoms with van der Waals surface area (Å²) in [4.78, 5) is 13.3. The number of hydrogen-bond donors (Lipinski definition) is 0. The third-order valence-electron chi connectivity index (χ3n) is 11.1. The standard InChI is InChI=1S/C50H29N3S/c1-4-16-36-30(11-1)23-26-40-39-19-9-13-31-14-10-21-44(47(31)39)53(49(36)40)34-27-32-12-2-3-15-35(32)42(29-34)50-51-43-20-7-5-18-41(43)48(52-50)33-24-25-38-37-17-6-8-22-45(37)54-46(38)28-33/h1-29H. The summed E-state index contributed by atoms with van der Waals surface area (Å²) in [5.74, 6) is 0.715. The van der Waals surface area contributed by atoms with Crippen LogP contribution in [-0.2, 0) is 0 Å². The van der Waals surface area contributed by atoms with Crippen molar-refractivity contribution in [2.45, 2.75) is 0 Å². The Bertz CT molecular complexity index is 3350. The van der Waals surface area contributed by atoms with Crippen LogP contribution in [0.4, 0.5) is 17.1 Å². The number of anilines is 3. The van der Waals surface area contributed by atoms with E-state index >= 15 is 0 Å². The van der Waals surface area contributed by atoms with Crippen molar-refractivity contribution in [2.75, 3.05) is 4.90 Å². The van der Waals surface area contributed by atoms with Gasteiger partial charge in [0.25, 0.3) is 0 Å². The second-order valence-corrected chi connectivity index (χ2v) is 15.2. The molecule has 0 aliphatic carbocycles. The van der Waals surface area contributed by atoms with Gasteiger partial charge >= 0.3 is 0 Å². The number of nitrogens with zero attached hydrogens (tertiary/aromatic N) is 3. The topological polar surface area (TPSA) is 29.0 Å². The zero-order valence-corrected chi connectivity index (χ0v) is 29.8. The normalized spacial score (nSPS) is 12.4. The Balaban J connectivity index is 1.14. The molecule has 250 valence electrons. The quantitative estimate of drug-likeness (QED) is 0.183. The van der Waals surface area contributed by atoms with Crippen molar-refractivity contribution in [1.82, 2.24) is 9.97 Å². The molecule has 1 aliphatic rings. The van der Waals surface area contributed by atoms with Gasteiger partial charge in [-0.15, -0.1) is 11.3 Å². The van der Waals surface area contributed by atoms with Gasteiger partial charge in [-0.1, -0.05) is 140 Å². The van der Waals surface area contributed by atoms with Crippen molar-refractivity contribution in [3.63, 3.8) is 0 Å². The molecule has 0 bridgehead atoms. The van der Waals surface area contributed by atoms with Crippen LogP contribution in [0.5, 0.6) is 0 Å². The fraction of sp³-hybridized carbons (Fsp3) is 0. The average Bonchev–Trinajstić information content (AvgIpc) is 3.61. The minimum Gasteiger partial charge on any atom is -0.309 e. The molecule has 4 heteroatoms. The Morgan fingerprint density at radius 3 is 2.06 bits per heavy atom. The highest BCUT2D eigenvalue weighted by Crippen LogP contribution is 2.54. The van der Waals surface area contributed by atoms with Crippen LogP contribution in [0.3, 0.4) is 0 Å². The lowest BCUT2D eigenvalue weighted by molar-refractivity contribution is 1.23. The predicted octanol–water partition coefficient (Wildman–Crippen LogP) is 14.2. The van der Waals surface area contributed by atoms with E-state index < -0.39 is 0 Å². The molecule has 0 fully saturated rings. The second-order valence-electron chi connectivity index (χ2n) is 14.1. The zero-order chi connectivity index (χ0) is 35.3. The Labute approximate surface area is 315 Å². The van der Waals surface area contributed by atoms with Gasteiger partial charge in [-0.2, -0.15) is 0 Å². The molecule has 0 spiro atoms. The summed E-state index contributed by atoms with van der Waals surface area (Å²) in [5.41, 5.74) is 9.90. The Morgan fingerprint density at radius 1 is 0.426 bits per heavy atom. The van der Waals surface area contributed by atoms with Crippen molar-refractivity contribution < 1.29 is 0 Å². The molecular weight excluding hydrogens is 675 g/mol. The molecule has 2 aromatic heterocycles. The van der Waals surface area contributed by atoms with Crippen molar-refractivity contribution in [3.05, 3.63) is 176 Å². The van der Waals surface area contributed by atoms with Crippen molar-refractivity contribution >= 4 is 91.8 Å². The highest BCUT2D eigenvalue weighted by atomic mass is 32.1. The summed E-state index contributed by atoms with van der Waals surface area (Å²) in [5, 5.41) is 10.8. The summed E-state index contributed by atoms with van der Waals surface area (Å²) < 4.78 is 2.56. The Morgan fingerprint density at radius 2 is 1.15 bits per heavy atom. The number of fused-ring (bicyclic) bond motifs is 9. The first kappa shape index (κ1) is 29.7. The molecule has 0 saturated heterocycles. The van der Waals surface area contributed by atoms with E-state index in [1.807, 2.05) is 11.3 Å². The van der Waals surface area contributed by atoms with Crippen molar-refractivity contribution in [2.24, 2.45) is 0 Å². The number of benzene rings is 9. The predicted molar refractivity (Wildman–Crippen MR) is 229 cm³/mol. The van der Waals surface area contributed by atoms with Gasteiger partial charge in [-0.05, 0) is 63.5 Å². The summed E-state index contributed by atoms with van der Waals surface area (Å²) in [6.45, 7) is 0. The minimum atomic E-state index is 0.715. The fourth-order valence-electron chi connectivity index (χ4n) is 8.73. The first-order chi connectivity index (χ1) is 26.8. The SMILES string of the molecule is c1ccc2c(-c3nc(-c4ccc5c(c4)sc4ccccc45)c4ccccc4n3)cc(N3c4c(ccc5ccccc45)-c4cccc5cccc3c45)cc2c1. The summed E-state index contributed by atoms with van der Waals surface area (Å²) >= 11 is 1.84. The van der Waals surface area contributed by atoms with E-state index in [1.54, 1.807) is 0 Å². The van der Waals surface area contributed by atoms with E-state index in [1.165, 1.54) is 64.2 Å². The maximum Gasteiger partial charge on any atom is 0.161 e. The molecule has 0 amide bonds. The summed E-state index contributed by atoms with van der Waals surface area (Å²) in [7, 11) is 0. The minimum absolute atomic E-state index is 0.715. The maximum atomic E-state index is 5.48. The average molecular weight is 704 g/mol. The lowest BCUT2D eigenvalue weighted by Crippen LogP contribution is -2.16. The largest absolute Gasteiger partial charge is 0.309 e. The van der Waals surface area contributed by atoms with Crippen LogP contribution in [-0.4, -0.2) is 9.97 Å². The van der Waals surface area contributed by atoms with E-state index in [0.29, 0.717) is 5.82 Å². The number of thiophene rings is 1. The van der Waals surface area contributed by atoms with Crippen LogP contribution < -0.4 is 4.90 Å². The molecule has 11 aromatic rings. The van der Waals surface area contributed by atoms with Crippen LogP contribution in [0.25, 0.3) is 97.2 Å². The number of rotatable bonds is 3. The van der Waals surface area contributed by atoms with E-state index in [4.69, 9.17) is 9.97 Å². The first-order valence-corrected chi connectivity index (χ1v) is 19.1. The second kappa shape index (κ2) is 11.3. The van der Waals surface area contributed by atoms with Crippen LogP contribution in [0.2, 0.25) is 0 Å². The van der Waals surface area contributed by atoms with E-state index in [2.05, 4.69) is 181 Å². The third-order valence-corrected chi connectivity index (χ3v) is 12.3. The van der Waals surface area contributed by atoms with Gasteiger partial charge in [0.15, 0.2) is 5.82 Å². The molecular formula is C50H29N3S. The van der Waals surface area contributed by atoms with Gasteiger partial charge in [-0.3, -0.25) is 0 Å². The van der Waals surface area contributed by atoms with Crippen LogP contribution in [0.1, 0.15) is 0 Å². The Kier molecular flexibility index (Phi) is 6.21. The molecule has 3 heterocycles. The molecule has 54 heavy (non-hydrogen) atoms. The van der Waals surface area contributed by atoms with Crippen molar-refractivity contribution in [3.8, 4) is 33.8 Å². The molecule has 9 aromatic carbocycles. The smallest absolute Gasteiger partial charge is 0.161 e. The first-order valence-electron chi connectivity index (χ1n) is 18.3. The van der Waals surface area contributed by atoms with Gasteiger partial charge < -0.3 is 4.90 Å². The van der Waals surface area contributed by atoms with Gasteiger partial charge in [0.05, 0.1) is 22.6 Å². The number of para-hydroxylation sites is 1. The Hall–Kier alpha value is -6.88. The zero-order valence-electron chi connectivity index (χ0n) is 29.0. The monoisotopic (exact) mass is 703 g/mol. The molecule has 1 aliphatic heterocycles. The van der Waals surface area contributed by atoms with E-state index in [-0.39, 0.29) is 0 Å². The van der Waals surface area contributed by atoms with Crippen LogP contribution in [0.15, 0.2) is 176 Å². The third kappa shape index (κ3) is 4.29. The molecule has 0 saturated carbocycles. The van der Waals surface area contributed by atoms with Gasteiger partial charge in [0.1, 0.15) is 0 Å². The van der Waals surface area contributed by atoms with Crippen LogP contribution in [0, 0.1) is 0 Å². The van der Waals surface area contributed by atoms with Gasteiger partial charge in [0.2, 0.25) is 0 Å². The molecule has 3 nitrogen and oxygen atoms in total. The summed E-state index contributed by atoms with van der Waals surface area (Å²) in [6, 6.07) is 63.8. The molecule has 0 N–H and O–H groups in total. The lowest BCUT2D eigenvalue weighted by atomic mass is 9.88. The molecule has 0 unspecified atom stereocenters. The molecule has 0 radical (unpaired) electrons. The molecule has 12 rings (SSSR count). The van der Waals surface area contributed by atoms with Crippen molar-refractivity contribution in [1.29, 1.82) is 0 Å². The van der Waals surface area contributed by atoms with Gasteiger partial charge in [0, 0.05) is 58.7 Å². The highest BCUT2D eigenvalue weighted by Gasteiger charge is 2.28. The number of aromatic nitrogens is 2. The molecule has 0 atom stereocenters.